The Kier molecular flexibility index (Phi) is 7.71. The zero-order valence-corrected chi connectivity index (χ0v) is 20.2. The predicted molar refractivity (Wildman–Crippen MR) is 126 cm³/mol. The maximum absolute atomic E-state index is 13.2. The molecule has 1 saturated heterocycles. The predicted octanol–water partition coefficient (Wildman–Crippen LogP) is -1.99. The molecule has 194 valence electrons. The largest absolute Gasteiger partial charge is 0.325 e. The van der Waals surface area contributed by atoms with Crippen LogP contribution in [0.4, 0.5) is 11.4 Å². The second-order valence-electron chi connectivity index (χ2n) is 7.59. The van der Waals surface area contributed by atoms with Crippen LogP contribution in [0.15, 0.2) is 58.3 Å². The summed E-state index contributed by atoms with van der Waals surface area (Å²) in [4.78, 5) is 51.2. The minimum atomic E-state index is -4.06. The number of amides is 4. The van der Waals surface area contributed by atoms with Crippen LogP contribution in [0, 0.1) is 17.2 Å². The summed E-state index contributed by atoms with van der Waals surface area (Å²) < 4.78 is 45.8. The van der Waals surface area contributed by atoms with Crippen LogP contribution >= 0.6 is 0 Å². The van der Waals surface area contributed by atoms with Gasteiger partial charge in [-0.25, -0.2) is 37.4 Å². The fourth-order valence-electron chi connectivity index (χ4n) is 3.34. The molecule has 2 aromatic rings. The van der Waals surface area contributed by atoms with E-state index in [4.69, 9.17) is 15.5 Å². The first-order chi connectivity index (χ1) is 17.2. The van der Waals surface area contributed by atoms with E-state index in [1.165, 1.54) is 12.1 Å². The van der Waals surface area contributed by atoms with Gasteiger partial charge in [-0.05, 0) is 48.5 Å². The molecule has 1 aliphatic rings. The van der Waals surface area contributed by atoms with E-state index >= 15 is 0 Å². The van der Waals surface area contributed by atoms with Crippen LogP contribution in [0.25, 0.3) is 0 Å². The number of nitrogens with one attached hydrogen (secondary N) is 3. The van der Waals surface area contributed by atoms with E-state index in [2.05, 4.69) is 16.2 Å². The summed E-state index contributed by atoms with van der Waals surface area (Å²) in [7, 11) is -8.06. The average molecular weight is 550 g/mol. The Morgan fingerprint density at radius 3 is 1.89 bits per heavy atom. The van der Waals surface area contributed by atoms with Crippen LogP contribution in [-0.2, 0) is 39.2 Å². The van der Waals surface area contributed by atoms with Gasteiger partial charge in [0.2, 0.25) is 37.8 Å². The number of carbonyl (C=O) groups excluding carboxylic acids is 4. The number of nitrogens with zero attached hydrogens (tertiary/aromatic N) is 2. The van der Waals surface area contributed by atoms with Crippen molar-refractivity contribution in [2.75, 3.05) is 10.2 Å². The minimum Gasteiger partial charge on any atom is -0.325 e. The third-order valence-electron chi connectivity index (χ3n) is 5.07. The van der Waals surface area contributed by atoms with Crippen molar-refractivity contribution in [1.29, 1.82) is 5.26 Å². The van der Waals surface area contributed by atoms with Gasteiger partial charge in [-0.3, -0.25) is 24.6 Å². The lowest BCUT2D eigenvalue weighted by atomic mass is 10.0. The lowest BCUT2D eigenvalue weighted by molar-refractivity contribution is -0.131. The molecule has 1 heterocycles. The molecule has 0 unspecified atom stereocenters. The summed E-state index contributed by atoms with van der Waals surface area (Å²) in [5.74, 6) is -5.53. The van der Waals surface area contributed by atoms with Gasteiger partial charge in [0.1, 0.15) is 18.4 Å². The van der Waals surface area contributed by atoms with Gasteiger partial charge in [0.05, 0.1) is 21.5 Å². The molecule has 17 heteroatoms. The van der Waals surface area contributed by atoms with Crippen LogP contribution < -0.4 is 31.3 Å². The number of primary sulfonamides is 2. The summed E-state index contributed by atoms with van der Waals surface area (Å²) in [6.45, 7) is 0. The van der Waals surface area contributed by atoms with Gasteiger partial charge in [-0.2, -0.15) is 5.26 Å². The number of hydrogen-bond acceptors (Lipinski definition) is 10. The second kappa shape index (κ2) is 10.4. The smallest absolute Gasteiger partial charge is 0.254 e. The first kappa shape index (κ1) is 27.4. The highest BCUT2D eigenvalue weighted by Crippen LogP contribution is 2.29. The van der Waals surface area contributed by atoms with E-state index in [-0.39, 0.29) is 21.2 Å². The van der Waals surface area contributed by atoms with Crippen LogP contribution in [0.3, 0.4) is 0 Å². The number of hydrazine groups is 1. The SMILES string of the molecule is N#CCC(=O)NN[C@@H]1C(=O)N(c2ccc(S(N)(=O)=O)cc2)C(=O)[C@@H]1C(=O)Nc1ccc(S(N)(=O)=O)cc1. The third-order valence-corrected chi connectivity index (χ3v) is 6.93. The first-order valence-corrected chi connectivity index (χ1v) is 13.2. The van der Waals surface area contributed by atoms with Gasteiger partial charge in [-0.1, -0.05) is 0 Å². The summed E-state index contributed by atoms with van der Waals surface area (Å²) in [6, 6.07) is 9.00. The van der Waals surface area contributed by atoms with E-state index < -0.39 is 62.1 Å². The Labute approximate surface area is 210 Å². The van der Waals surface area contributed by atoms with E-state index in [1.54, 1.807) is 6.07 Å². The molecule has 0 radical (unpaired) electrons. The Morgan fingerprint density at radius 1 is 0.892 bits per heavy atom. The lowest BCUT2D eigenvalue weighted by Crippen LogP contribution is -2.52. The molecule has 0 aliphatic carbocycles. The zero-order chi connectivity index (χ0) is 27.5. The van der Waals surface area contributed by atoms with Crippen molar-refractivity contribution in [3.63, 3.8) is 0 Å². The maximum atomic E-state index is 13.2. The lowest BCUT2D eigenvalue weighted by Gasteiger charge is -2.17. The van der Waals surface area contributed by atoms with E-state index in [9.17, 15) is 36.0 Å². The topological polar surface area (TPSA) is 252 Å². The molecule has 0 spiro atoms. The highest BCUT2D eigenvalue weighted by atomic mass is 32.2. The number of sulfonamides is 2. The normalized spacial score (nSPS) is 17.8. The molecule has 1 fully saturated rings. The Hall–Kier alpha value is -4.21. The Morgan fingerprint density at radius 2 is 1.41 bits per heavy atom. The van der Waals surface area contributed by atoms with Crippen LogP contribution in [0.5, 0.6) is 0 Å². The molecule has 4 amide bonds. The number of nitrogens with two attached hydrogens (primary N) is 2. The van der Waals surface area contributed by atoms with E-state index in [0.717, 1.165) is 36.4 Å². The van der Waals surface area contributed by atoms with Crippen molar-refractivity contribution >= 4 is 55.1 Å². The number of imide groups is 1. The molecule has 37 heavy (non-hydrogen) atoms. The van der Waals surface area contributed by atoms with Gasteiger partial charge in [-0.15, -0.1) is 0 Å². The molecule has 0 aromatic heterocycles. The molecule has 0 saturated carbocycles. The van der Waals surface area contributed by atoms with E-state index in [0.29, 0.717) is 4.90 Å². The molecule has 3 rings (SSSR count). The van der Waals surface area contributed by atoms with Crippen molar-refractivity contribution in [1.82, 2.24) is 10.9 Å². The van der Waals surface area contributed by atoms with Gasteiger partial charge >= 0.3 is 0 Å². The number of nitriles is 1. The van der Waals surface area contributed by atoms with Crippen molar-refractivity contribution in [2.45, 2.75) is 22.3 Å². The van der Waals surface area contributed by atoms with Crippen LogP contribution in [0.2, 0.25) is 0 Å². The standard InChI is InChI=1S/C20H19N7O8S2/c21-10-9-15(28)25-26-17-16(18(29)24-11-1-5-13(6-2-11)36(22,32)33)19(30)27(20(17)31)12-3-7-14(8-4-12)37(23,34)35/h1-8,16-17,26H,9H2,(H,24,29)(H,25,28)(H2,22,32,33)(H2,23,34,35)/t16-,17-/m0/s1. The van der Waals surface area contributed by atoms with Crippen molar-refractivity contribution < 1.29 is 36.0 Å². The summed E-state index contributed by atoms with van der Waals surface area (Å²) in [6.07, 6.45) is -0.576. The van der Waals surface area contributed by atoms with Crippen molar-refractivity contribution in [3.8, 4) is 6.07 Å². The molecular weight excluding hydrogens is 530 g/mol. The number of rotatable bonds is 8. The average Bonchev–Trinajstić information content (AvgIpc) is 3.06. The molecule has 2 atom stereocenters. The molecule has 7 N–H and O–H groups in total. The Bertz CT molecular complexity index is 1520. The molecule has 15 nitrogen and oxygen atoms in total. The van der Waals surface area contributed by atoms with Crippen LogP contribution in [0.1, 0.15) is 6.42 Å². The Balaban J connectivity index is 1.92. The number of hydrogen-bond donors (Lipinski definition) is 5. The maximum Gasteiger partial charge on any atom is 0.254 e. The fourth-order valence-corrected chi connectivity index (χ4v) is 4.37. The number of benzene rings is 2. The van der Waals surface area contributed by atoms with Crippen LogP contribution in [-0.4, -0.2) is 46.5 Å². The first-order valence-electron chi connectivity index (χ1n) is 10.1. The molecule has 1 aliphatic heterocycles. The summed E-state index contributed by atoms with van der Waals surface area (Å²) in [5, 5.41) is 21.1. The third kappa shape index (κ3) is 6.14. The number of carbonyl (C=O) groups is 4. The monoisotopic (exact) mass is 549 g/mol. The summed E-state index contributed by atoms with van der Waals surface area (Å²) in [5.41, 5.74) is 4.37. The summed E-state index contributed by atoms with van der Waals surface area (Å²) >= 11 is 0. The van der Waals surface area contributed by atoms with Crippen molar-refractivity contribution in [2.24, 2.45) is 16.2 Å². The van der Waals surface area contributed by atoms with Gasteiger partial charge in [0.25, 0.3) is 5.91 Å². The highest BCUT2D eigenvalue weighted by Gasteiger charge is 2.52. The quantitative estimate of drug-likeness (QED) is 0.138. The number of anilines is 2. The fraction of sp³-hybridized carbons (Fsp3) is 0.150. The molecular formula is C20H19N7O8S2. The van der Waals surface area contributed by atoms with Gasteiger partial charge in [0.15, 0.2) is 0 Å². The highest BCUT2D eigenvalue weighted by molar-refractivity contribution is 7.89. The molecule has 0 bridgehead atoms. The second-order valence-corrected chi connectivity index (χ2v) is 10.7. The minimum absolute atomic E-state index is 0.0703. The zero-order valence-electron chi connectivity index (χ0n) is 18.6. The van der Waals surface area contributed by atoms with Gasteiger partial charge < -0.3 is 5.32 Å². The van der Waals surface area contributed by atoms with E-state index in [1.807, 2.05) is 0 Å². The van der Waals surface area contributed by atoms with Crippen molar-refractivity contribution in [3.05, 3.63) is 48.5 Å². The molecule has 2 aromatic carbocycles. The van der Waals surface area contributed by atoms with Gasteiger partial charge in [0, 0.05) is 5.69 Å².